The lowest BCUT2D eigenvalue weighted by atomic mass is 10.2. The number of aliphatic hydroxyl groups is 1. The second-order valence-corrected chi connectivity index (χ2v) is 4.13. The van der Waals surface area contributed by atoms with Gasteiger partial charge in [0.15, 0.2) is 0 Å². The molecule has 0 radical (unpaired) electrons. The van der Waals surface area contributed by atoms with Crippen LogP contribution in [0.3, 0.4) is 0 Å². The molecule has 82 valence electrons. The molecule has 1 aromatic rings. The van der Waals surface area contributed by atoms with Crippen LogP contribution in [0.4, 0.5) is 0 Å². The molecule has 1 saturated carbocycles. The predicted molar refractivity (Wildman–Crippen MR) is 59.6 cm³/mol. The zero-order valence-electron chi connectivity index (χ0n) is 8.89. The molecular formula is C12H18N2O. The number of hydrogen-bond acceptors (Lipinski definition) is 3. The zero-order valence-corrected chi connectivity index (χ0v) is 8.89. The number of aromatic nitrogens is 1. The molecule has 2 atom stereocenters. The van der Waals surface area contributed by atoms with Gasteiger partial charge in [-0.1, -0.05) is 6.07 Å². The third-order valence-electron chi connectivity index (χ3n) is 2.99. The normalized spacial score (nSPS) is 25.7. The molecule has 1 aliphatic rings. The summed E-state index contributed by atoms with van der Waals surface area (Å²) in [6.45, 7) is 0.902. The minimum absolute atomic E-state index is 0.145. The average molecular weight is 206 g/mol. The Bertz CT molecular complexity index is 289. The van der Waals surface area contributed by atoms with Crippen molar-refractivity contribution in [2.24, 2.45) is 0 Å². The summed E-state index contributed by atoms with van der Waals surface area (Å²) >= 11 is 0. The Morgan fingerprint density at radius 2 is 2.33 bits per heavy atom. The summed E-state index contributed by atoms with van der Waals surface area (Å²) in [7, 11) is 0. The maximum atomic E-state index is 9.61. The quantitative estimate of drug-likeness (QED) is 0.776. The highest BCUT2D eigenvalue weighted by Crippen LogP contribution is 2.18. The Morgan fingerprint density at radius 1 is 1.40 bits per heavy atom. The van der Waals surface area contributed by atoms with Crippen LogP contribution >= 0.6 is 0 Å². The summed E-state index contributed by atoms with van der Waals surface area (Å²) in [6, 6.07) is 6.27. The van der Waals surface area contributed by atoms with Gasteiger partial charge in [0.2, 0.25) is 0 Å². The van der Waals surface area contributed by atoms with Gasteiger partial charge < -0.3 is 10.4 Å². The molecule has 0 saturated heterocycles. The van der Waals surface area contributed by atoms with Crippen LogP contribution in [0.1, 0.15) is 25.0 Å². The Kier molecular flexibility index (Phi) is 3.69. The van der Waals surface area contributed by atoms with E-state index in [1.807, 2.05) is 24.4 Å². The smallest absolute Gasteiger partial charge is 0.0693 e. The summed E-state index contributed by atoms with van der Waals surface area (Å²) < 4.78 is 0. The van der Waals surface area contributed by atoms with E-state index in [9.17, 15) is 5.11 Å². The third kappa shape index (κ3) is 3.01. The van der Waals surface area contributed by atoms with Crippen molar-refractivity contribution in [1.82, 2.24) is 10.3 Å². The molecule has 0 unspecified atom stereocenters. The van der Waals surface area contributed by atoms with Gasteiger partial charge in [0.1, 0.15) is 0 Å². The number of aliphatic hydroxyl groups excluding tert-OH is 1. The van der Waals surface area contributed by atoms with Gasteiger partial charge in [-0.3, -0.25) is 4.98 Å². The first kappa shape index (κ1) is 10.6. The first-order chi connectivity index (χ1) is 7.36. The molecule has 1 aliphatic carbocycles. The number of nitrogens with zero attached hydrogens (tertiary/aromatic N) is 1. The van der Waals surface area contributed by atoms with Crippen LogP contribution in [-0.2, 0) is 6.42 Å². The lowest BCUT2D eigenvalue weighted by Crippen LogP contribution is -2.36. The van der Waals surface area contributed by atoms with Crippen LogP contribution in [0.25, 0.3) is 0 Å². The molecule has 0 bridgehead atoms. The lowest BCUT2D eigenvalue weighted by molar-refractivity contribution is 0.149. The van der Waals surface area contributed by atoms with Crippen molar-refractivity contribution < 1.29 is 5.11 Å². The van der Waals surface area contributed by atoms with Crippen LogP contribution in [0.15, 0.2) is 24.4 Å². The Balaban J connectivity index is 1.71. The van der Waals surface area contributed by atoms with Crippen molar-refractivity contribution in [1.29, 1.82) is 0 Å². The maximum absolute atomic E-state index is 9.61. The van der Waals surface area contributed by atoms with Gasteiger partial charge in [0.25, 0.3) is 0 Å². The predicted octanol–water partition coefficient (Wildman–Crippen LogP) is 1.13. The van der Waals surface area contributed by atoms with E-state index in [1.165, 1.54) is 0 Å². The topological polar surface area (TPSA) is 45.1 Å². The average Bonchev–Trinajstić information content (AvgIpc) is 2.66. The van der Waals surface area contributed by atoms with Gasteiger partial charge in [-0.05, 0) is 31.4 Å². The maximum Gasteiger partial charge on any atom is 0.0693 e. The third-order valence-corrected chi connectivity index (χ3v) is 2.99. The molecule has 0 spiro atoms. The molecule has 15 heavy (non-hydrogen) atoms. The Labute approximate surface area is 90.5 Å². The molecule has 0 aromatic carbocycles. The second kappa shape index (κ2) is 5.24. The molecule has 3 heteroatoms. The minimum Gasteiger partial charge on any atom is -0.392 e. The van der Waals surface area contributed by atoms with Gasteiger partial charge in [-0.15, -0.1) is 0 Å². The van der Waals surface area contributed by atoms with Crippen LogP contribution in [0, 0.1) is 0 Å². The summed E-state index contributed by atoms with van der Waals surface area (Å²) in [5.41, 5.74) is 1.11. The van der Waals surface area contributed by atoms with Crippen molar-refractivity contribution in [3.63, 3.8) is 0 Å². The fourth-order valence-electron chi connectivity index (χ4n) is 2.11. The van der Waals surface area contributed by atoms with E-state index in [0.29, 0.717) is 6.04 Å². The van der Waals surface area contributed by atoms with E-state index in [2.05, 4.69) is 10.3 Å². The minimum atomic E-state index is -0.145. The van der Waals surface area contributed by atoms with Gasteiger partial charge in [0.05, 0.1) is 6.10 Å². The van der Waals surface area contributed by atoms with Crippen molar-refractivity contribution in [3.8, 4) is 0 Å². The SMILES string of the molecule is O[C@H]1CCC[C@@H]1NCCc1ccccn1. The van der Waals surface area contributed by atoms with E-state index >= 15 is 0 Å². The van der Waals surface area contributed by atoms with Crippen LogP contribution in [0.2, 0.25) is 0 Å². The highest BCUT2D eigenvalue weighted by Gasteiger charge is 2.23. The fourth-order valence-corrected chi connectivity index (χ4v) is 2.11. The molecular weight excluding hydrogens is 188 g/mol. The molecule has 1 fully saturated rings. The Hall–Kier alpha value is -0.930. The van der Waals surface area contributed by atoms with E-state index in [-0.39, 0.29) is 6.10 Å². The van der Waals surface area contributed by atoms with Crippen molar-refractivity contribution in [2.75, 3.05) is 6.54 Å². The van der Waals surface area contributed by atoms with Crippen molar-refractivity contribution in [3.05, 3.63) is 30.1 Å². The molecule has 0 aliphatic heterocycles. The van der Waals surface area contributed by atoms with Crippen molar-refractivity contribution >= 4 is 0 Å². The molecule has 2 rings (SSSR count). The first-order valence-electron chi connectivity index (χ1n) is 5.67. The summed E-state index contributed by atoms with van der Waals surface area (Å²) in [5.74, 6) is 0. The summed E-state index contributed by atoms with van der Waals surface area (Å²) in [4.78, 5) is 4.26. The summed E-state index contributed by atoms with van der Waals surface area (Å²) in [5, 5.41) is 13.0. The van der Waals surface area contributed by atoms with E-state index < -0.39 is 0 Å². The molecule has 1 aromatic heterocycles. The molecule has 0 amide bonds. The van der Waals surface area contributed by atoms with Gasteiger partial charge in [-0.25, -0.2) is 0 Å². The largest absolute Gasteiger partial charge is 0.392 e. The van der Waals surface area contributed by atoms with Crippen LogP contribution in [0.5, 0.6) is 0 Å². The highest BCUT2D eigenvalue weighted by atomic mass is 16.3. The summed E-state index contributed by atoms with van der Waals surface area (Å²) in [6.07, 6.45) is 5.80. The molecule has 1 heterocycles. The fraction of sp³-hybridized carbons (Fsp3) is 0.583. The molecule has 2 N–H and O–H groups in total. The molecule has 3 nitrogen and oxygen atoms in total. The van der Waals surface area contributed by atoms with Crippen LogP contribution < -0.4 is 5.32 Å². The van der Waals surface area contributed by atoms with Crippen molar-refractivity contribution in [2.45, 2.75) is 37.8 Å². The highest BCUT2D eigenvalue weighted by molar-refractivity contribution is 5.03. The van der Waals surface area contributed by atoms with E-state index in [1.54, 1.807) is 0 Å². The number of pyridine rings is 1. The monoisotopic (exact) mass is 206 g/mol. The number of hydrogen-bond donors (Lipinski definition) is 2. The van der Waals surface area contributed by atoms with E-state index in [4.69, 9.17) is 0 Å². The lowest BCUT2D eigenvalue weighted by Gasteiger charge is -2.15. The zero-order chi connectivity index (χ0) is 10.5. The first-order valence-corrected chi connectivity index (χ1v) is 5.67. The second-order valence-electron chi connectivity index (χ2n) is 4.13. The number of nitrogens with one attached hydrogen (secondary N) is 1. The van der Waals surface area contributed by atoms with Gasteiger partial charge >= 0.3 is 0 Å². The number of rotatable bonds is 4. The van der Waals surface area contributed by atoms with Gasteiger partial charge in [-0.2, -0.15) is 0 Å². The standard InChI is InChI=1S/C12H18N2O/c15-12-6-3-5-11(12)14-9-7-10-4-1-2-8-13-10/h1-2,4,8,11-12,14-15H,3,5-7,9H2/t11-,12-/m0/s1. The van der Waals surface area contributed by atoms with E-state index in [0.717, 1.165) is 37.9 Å². The van der Waals surface area contributed by atoms with Crippen LogP contribution in [-0.4, -0.2) is 28.8 Å². The Morgan fingerprint density at radius 3 is 3.00 bits per heavy atom. The van der Waals surface area contributed by atoms with Gasteiger partial charge in [0, 0.05) is 30.9 Å².